The Balaban J connectivity index is 2.09. The number of methoxy groups -OCH3 is 1. The third-order valence-electron chi connectivity index (χ3n) is 4.91. The molecular weight excluding hydrogens is 446 g/mol. The maximum Gasteiger partial charge on any atom is 0.253 e. The average Bonchev–Trinajstić information content (AvgIpc) is 3.12. The van der Waals surface area contributed by atoms with Crippen LogP contribution < -0.4 is 9.47 Å². The number of ether oxygens (including phenoxy) is 2. The number of fused-ring (bicyclic) bond motifs is 1. The van der Waals surface area contributed by atoms with Crippen molar-refractivity contribution in [3.8, 4) is 17.4 Å². The molecule has 30 heavy (non-hydrogen) atoms. The highest BCUT2D eigenvalue weighted by Gasteiger charge is 2.22. The molecule has 2 aromatic heterocycles. The van der Waals surface area contributed by atoms with Gasteiger partial charge in [0, 0.05) is 0 Å². The van der Waals surface area contributed by atoms with E-state index in [0.29, 0.717) is 34.4 Å². The lowest BCUT2D eigenvalue weighted by Gasteiger charge is -2.16. The van der Waals surface area contributed by atoms with Gasteiger partial charge in [-0.1, -0.05) is 44.1 Å². The van der Waals surface area contributed by atoms with Crippen molar-refractivity contribution in [1.82, 2.24) is 25.0 Å². The molecule has 0 saturated heterocycles. The second-order valence-corrected chi connectivity index (χ2v) is 8.24. The number of rotatable bonds is 9. The summed E-state index contributed by atoms with van der Waals surface area (Å²) < 4.78 is 14.4. The minimum atomic E-state index is 0.253. The van der Waals surface area contributed by atoms with E-state index < -0.39 is 0 Å². The van der Waals surface area contributed by atoms with Gasteiger partial charge >= 0.3 is 0 Å². The normalized spacial score (nSPS) is 11.3. The molecule has 7 nitrogen and oxygen atoms in total. The highest BCUT2D eigenvalue weighted by molar-refractivity contribution is 9.10. The second-order valence-electron chi connectivity index (χ2n) is 7.39. The zero-order chi connectivity index (χ0) is 21.8. The van der Waals surface area contributed by atoms with Crippen LogP contribution in [0.3, 0.4) is 0 Å². The molecule has 2 heterocycles. The number of nitrogens with zero attached hydrogens (tertiary/aromatic N) is 5. The van der Waals surface area contributed by atoms with Gasteiger partial charge in [-0.2, -0.15) is 4.98 Å². The van der Waals surface area contributed by atoms with Gasteiger partial charge in [0.25, 0.3) is 5.88 Å². The number of aryl methyl sites for hydroxylation is 1. The van der Waals surface area contributed by atoms with Crippen molar-refractivity contribution in [2.45, 2.75) is 59.4 Å². The number of hydrogen-bond acceptors (Lipinski definition) is 6. The van der Waals surface area contributed by atoms with Crippen molar-refractivity contribution < 1.29 is 9.47 Å². The van der Waals surface area contributed by atoms with Crippen LogP contribution in [-0.2, 0) is 0 Å². The Morgan fingerprint density at radius 1 is 1.20 bits per heavy atom. The van der Waals surface area contributed by atoms with E-state index >= 15 is 0 Å². The highest BCUT2D eigenvalue weighted by atomic mass is 79.9. The summed E-state index contributed by atoms with van der Waals surface area (Å²) in [5.41, 5.74) is 3.12. The van der Waals surface area contributed by atoms with Crippen molar-refractivity contribution >= 4 is 32.7 Å². The molecule has 0 unspecified atom stereocenters. The fourth-order valence-corrected chi connectivity index (χ4v) is 3.97. The van der Waals surface area contributed by atoms with E-state index in [1.807, 2.05) is 30.7 Å². The van der Waals surface area contributed by atoms with Gasteiger partial charge in [0.1, 0.15) is 5.82 Å². The van der Waals surface area contributed by atoms with Crippen LogP contribution in [0.25, 0.3) is 16.7 Å². The fraction of sp³-hybridized carbons (Fsp3) is 0.455. The molecule has 0 N–H and O–H groups in total. The van der Waals surface area contributed by atoms with E-state index in [1.54, 1.807) is 7.11 Å². The van der Waals surface area contributed by atoms with E-state index in [0.717, 1.165) is 41.3 Å². The van der Waals surface area contributed by atoms with Crippen LogP contribution in [0.4, 0.5) is 0 Å². The van der Waals surface area contributed by atoms with Crippen molar-refractivity contribution in [3.63, 3.8) is 0 Å². The summed E-state index contributed by atoms with van der Waals surface area (Å²) >= 11 is 3.59. The van der Waals surface area contributed by atoms with Gasteiger partial charge in [0.05, 0.1) is 17.6 Å². The first-order chi connectivity index (χ1) is 14.4. The molecule has 0 amide bonds. The third-order valence-corrected chi connectivity index (χ3v) is 5.50. The molecule has 0 radical (unpaired) electrons. The van der Waals surface area contributed by atoms with Crippen LogP contribution in [0, 0.1) is 6.92 Å². The second kappa shape index (κ2) is 9.55. The fourth-order valence-electron chi connectivity index (χ4n) is 3.44. The summed E-state index contributed by atoms with van der Waals surface area (Å²) in [4.78, 5) is 9.11. The lowest BCUT2D eigenvalue weighted by atomic mass is 10.1. The monoisotopic (exact) mass is 473 g/mol. The Kier molecular flexibility index (Phi) is 7.07. The molecule has 3 aromatic rings. The number of benzene rings is 1. The highest BCUT2D eigenvalue weighted by Crippen LogP contribution is 2.41. The van der Waals surface area contributed by atoms with E-state index in [-0.39, 0.29) is 6.04 Å². The van der Waals surface area contributed by atoms with E-state index in [1.165, 1.54) is 0 Å². The summed E-state index contributed by atoms with van der Waals surface area (Å²) in [5.74, 6) is 2.06. The Morgan fingerprint density at radius 2 is 1.90 bits per heavy atom. The molecule has 0 atom stereocenters. The Hall–Kier alpha value is -2.48. The van der Waals surface area contributed by atoms with Crippen LogP contribution in [0.2, 0.25) is 0 Å². The molecule has 8 heteroatoms. The van der Waals surface area contributed by atoms with Crippen LogP contribution >= 0.6 is 15.9 Å². The SMILES string of the molecule is C=C(C)c1cc(Br)c(Oc2nc(C)nc3c2nnn3C(CCC)CCC)c(OC)c1. The first kappa shape index (κ1) is 22.2. The molecular formula is C22H28BrN5O2. The predicted molar refractivity (Wildman–Crippen MR) is 122 cm³/mol. The summed E-state index contributed by atoms with van der Waals surface area (Å²) in [6, 6.07) is 4.09. The number of allylic oxidation sites excluding steroid dienone is 1. The van der Waals surface area contributed by atoms with Crippen molar-refractivity contribution in [1.29, 1.82) is 0 Å². The molecule has 1 aromatic carbocycles. The zero-order valence-electron chi connectivity index (χ0n) is 18.2. The smallest absolute Gasteiger partial charge is 0.253 e. The molecule has 0 fully saturated rings. The summed E-state index contributed by atoms with van der Waals surface area (Å²) in [5, 5.41) is 8.77. The summed E-state index contributed by atoms with van der Waals surface area (Å²) in [6.45, 7) is 12.1. The van der Waals surface area contributed by atoms with E-state index in [4.69, 9.17) is 9.47 Å². The topological polar surface area (TPSA) is 75.0 Å². The molecule has 0 spiro atoms. The molecule has 0 aliphatic rings. The Labute approximate surface area is 185 Å². The summed E-state index contributed by atoms with van der Waals surface area (Å²) in [6.07, 6.45) is 4.18. The van der Waals surface area contributed by atoms with Gasteiger partial charge in [-0.3, -0.25) is 0 Å². The largest absolute Gasteiger partial charge is 0.493 e. The average molecular weight is 474 g/mol. The van der Waals surface area contributed by atoms with Crippen molar-refractivity contribution in [2.75, 3.05) is 7.11 Å². The van der Waals surface area contributed by atoms with Gasteiger partial charge < -0.3 is 9.47 Å². The third kappa shape index (κ3) is 4.48. The lowest BCUT2D eigenvalue weighted by Crippen LogP contribution is -2.11. The van der Waals surface area contributed by atoms with Gasteiger partial charge in [0.2, 0.25) is 0 Å². The minimum Gasteiger partial charge on any atom is -0.493 e. The first-order valence-corrected chi connectivity index (χ1v) is 11.0. The molecule has 0 aliphatic carbocycles. The quantitative estimate of drug-likeness (QED) is 0.364. The predicted octanol–water partition coefficient (Wildman–Crippen LogP) is 6.27. The van der Waals surface area contributed by atoms with Gasteiger partial charge in [-0.15, -0.1) is 5.10 Å². The van der Waals surface area contributed by atoms with Gasteiger partial charge in [-0.05, 0) is 60.3 Å². The Morgan fingerprint density at radius 3 is 2.50 bits per heavy atom. The molecule has 0 aliphatic heterocycles. The van der Waals surface area contributed by atoms with E-state index in [9.17, 15) is 0 Å². The van der Waals surface area contributed by atoms with Crippen molar-refractivity contribution in [2.24, 2.45) is 0 Å². The molecule has 0 saturated carbocycles. The standard InChI is InChI=1S/C22H28BrN5O2/c1-7-9-16(10-8-2)28-21-19(26-27-28)22(25-14(5)24-21)30-20-17(23)11-15(13(3)4)12-18(20)29-6/h11-12,16H,3,7-10H2,1-2,4-6H3. The zero-order valence-corrected chi connectivity index (χ0v) is 19.8. The number of hydrogen-bond donors (Lipinski definition) is 0. The Bertz CT molecular complexity index is 1060. The van der Waals surface area contributed by atoms with E-state index in [2.05, 4.69) is 56.6 Å². The van der Waals surface area contributed by atoms with Gasteiger partial charge in [-0.25, -0.2) is 9.67 Å². The lowest BCUT2D eigenvalue weighted by molar-refractivity contribution is 0.373. The van der Waals surface area contributed by atoms with Crippen molar-refractivity contribution in [3.05, 3.63) is 34.6 Å². The van der Waals surface area contributed by atoms with Crippen LogP contribution in [-0.4, -0.2) is 32.1 Å². The molecule has 160 valence electrons. The van der Waals surface area contributed by atoms with Gasteiger partial charge in [0.15, 0.2) is 22.7 Å². The first-order valence-electron chi connectivity index (χ1n) is 10.2. The maximum absolute atomic E-state index is 6.20. The van der Waals surface area contributed by atoms with Crippen LogP contribution in [0.1, 0.15) is 63.9 Å². The molecule has 3 rings (SSSR count). The van der Waals surface area contributed by atoms with Crippen LogP contribution in [0.15, 0.2) is 23.2 Å². The summed E-state index contributed by atoms with van der Waals surface area (Å²) in [7, 11) is 1.61. The minimum absolute atomic E-state index is 0.253. The number of halogens is 1. The number of aromatic nitrogens is 5. The molecule has 0 bridgehead atoms. The maximum atomic E-state index is 6.20. The van der Waals surface area contributed by atoms with Crippen LogP contribution in [0.5, 0.6) is 17.4 Å².